The highest BCUT2D eigenvalue weighted by Crippen LogP contribution is 2.03. The fraction of sp³-hybridized carbons (Fsp3) is 0.462. The van der Waals surface area contributed by atoms with Gasteiger partial charge >= 0.3 is 0 Å². The molecule has 4 heteroatoms. The third kappa shape index (κ3) is 5.92. The van der Waals surface area contributed by atoms with Gasteiger partial charge in [0.1, 0.15) is 5.84 Å². The monoisotopic (exact) mass is 235 g/mol. The molecule has 0 radical (unpaired) electrons. The molecule has 0 atom stereocenters. The number of nitrogens with zero attached hydrogens (tertiary/aromatic N) is 1. The van der Waals surface area contributed by atoms with E-state index in [1.54, 1.807) is 0 Å². The lowest BCUT2D eigenvalue weighted by atomic mass is 10.1. The van der Waals surface area contributed by atoms with Crippen molar-refractivity contribution in [3.63, 3.8) is 0 Å². The number of nitrogens with one attached hydrogen (secondary N) is 1. The molecule has 0 saturated carbocycles. The second-order valence-corrected chi connectivity index (χ2v) is 4.21. The molecule has 0 aliphatic carbocycles. The summed E-state index contributed by atoms with van der Waals surface area (Å²) in [6.45, 7) is 3.94. The maximum atomic E-state index is 8.36. The summed E-state index contributed by atoms with van der Waals surface area (Å²) < 4.78 is 0. The topological polar surface area (TPSA) is 70.6 Å². The van der Waals surface area contributed by atoms with Crippen LogP contribution in [-0.4, -0.2) is 17.6 Å². The number of aryl methyl sites for hydroxylation is 1. The van der Waals surface area contributed by atoms with Gasteiger partial charge in [0, 0.05) is 13.0 Å². The number of amidine groups is 1. The minimum Gasteiger partial charge on any atom is -0.409 e. The highest BCUT2D eigenvalue weighted by atomic mass is 16.4. The number of benzene rings is 1. The highest BCUT2D eigenvalue weighted by molar-refractivity contribution is 5.79. The second-order valence-electron chi connectivity index (χ2n) is 4.21. The predicted molar refractivity (Wildman–Crippen MR) is 70.1 cm³/mol. The van der Waals surface area contributed by atoms with Gasteiger partial charge in [-0.3, -0.25) is 0 Å². The summed E-state index contributed by atoms with van der Waals surface area (Å²) in [6.07, 6.45) is 2.63. The van der Waals surface area contributed by atoms with Gasteiger partial charge in [-0.15, -0.1) is 0 Å². The van der Waals surface area contributed by atoms with Crippen LogP contribution in [-0.2, 0) is 6.54 Å². The Morgan fingerprint density at radius 1 is 1.41 bits per heavy atom. The summed E-state index contributed by atoms with van der Waals surface area (Å²) in [5, 5.41) is 14.7. The van der Waals surface area contributed by atoms with Gasteiger partial charge in [0.25, 0.3) is 0 Å². The molecule has 0 bridgehead atoms. The second kappa shape index (κ2) is 7.68. The zero-order chi connectivity index (χ0) is 12.5. The third-order valence-electron chi connectivity index (χ3n) is 2.58. The Morgan fingerprint density at radius 3 is 2.94 bits per heavy atom. The fourth-order valence-electron chi connectivity index (χ4n) is 1.66. The molecule has 94 valence electrons. The first-order valence-corrected chi connectivity index (χ1v) is 5.95. The van der Waals surface area contributed by atoms with Crippen molar-refractivity contribution >= 4 is 5.84 Å². The Balaban J connectivity index is 2.08. The SMILES string of the molecule is Cc1cccc(CNCCCCC(N)=NO)c1. The minimum absolute atomic E-state index is 0.309. The summed E-state index contributed by atoms with van der Waals surface area (Å²) in [6, 6.07) is 8.48. The van der Waals surface area contributed by atoms with Crippen molar-refractivity contribution in [3.8, 4) is 0 Å². The van der Waals surface area contributed by atoms with Crippen LogP contribution in [0.15, 0.2) is 29.4 Å². The van der Waals surface area contributed by atoms with Gasteiger partial charge < -0.3 is 16.3 Å². The van der Waals surface area contributed by atoms with Gasteiger partial charge in [-0.05, 0) is 31.9 Å². The zero-order valence-electron chi connectivity index (χ0n) is 10.3. The molecule has 4 nitrogen and oxygen atoms in total. The Kier molecular flexibility index (Phi) is 6.10. The molecule has 0 aliphatic rings. The molecule has 17 heavy (non-hydrogen) atoms. The Labute approximate surface area is 103 Å². The molecule has 0 aliphatic heterocycles. The molecule has 1 rings (SSSR count). The Hall–Kier alpha value is -1.55. The first-order chi connectivity index (χ1) is 8.22. The largest absolute Gasteiger partial charge is 0.409 e. The fourth-order valence-corrected chi connectivity index (χ4v) is 1.66. The number of unbranched alkanes of at least 4 members (excludes halogenated alkanes) is 1. The van der Waals surface area contributed by atoms with Crippen molar-refractivity contribution in [3.05, 3.63) is 35.4 Å². The number of hydrogen-bond donors (Lipinski definition) is 3. The van der Waals surface area contributed by atoms with Crippen LogP contribution in [0.5, 0.6) is 0 Å². The molecule has 0 spiro atoms. The van der Waals surface area contributed by atoms with Crippen LogP contribution in [0.25, 0.3) is 0 Å². The van der Waals surface area contributed by atoms with Gasteiger partial charge in [-0.2, -0.15) is 0 Å². The van der Waals surface area contributed by atoms with E-state index in [4.69, 9.17) is 10.9 Å². The molecule has 1 aromatic rings. The predicted octanol–water partition coefficient (Wildman–Crippen LogP) is 2.00. The first-order valence-electron chi connectivity index (χ1n) is 5.95. The number of oxime groups is 1. The lowest BCUT2D eigenvalue weighted by Crippen LogP contribution is -2.16. The maximum Gasteiger partial charge on any atom is 0.139 e. The van der Waals surface area contributed by atoms with Crippen LogP contribution in [0, 0.1) is 6.92 Å². The van der Waals surface area contributed by atoms with E-state index in [1.807, 2.05) is 0 Å². The van der Waals surface area contributed by atoms with E-state index < -0.39 is 0 Å². The van der Waals surface area contributed by atoms with Crippen LogP contribution in [0.1, 0.15) is 30.4 Å². The lowest BCUT2D eigenvalue weighted by Gasteiger charge is -2.05. The van der Waals surface area contributed by atoms with Crippen LogP contribution in [0.4, 0.5) is 0 Å². The smallest absolute Gasteiger partial charge is 0.139 e. The van der Waals surface area contributed by atoms with Gasteiger partial charge in [0.05, 0.1) is 0 Å². The van der Waals surface area contributed by atoms with Crippen LogP contribution >= 0.6 is 0 Å². The molecule has 0 heterocycles. The van der Waals surface area contributed by atoms with E-state index in [0.29, 0.717) is 12.3 Å². The van der Waals surface area contributed by atoms with Gasteiger partial charge in [-0.25, -0.2) is 0 Å². The number of hydrogen-bond acceptors (Lipinski definition) is 3. The van der Waals surface area contributed by atoms with Crippen molar-refractivity contribution < 1.29 is 5.21 Å². The number of nitrogens with two attached hydrogens (primary N) is 1. The van der Waals surface area contributed by atoms with E-state index >= 15 is 0 Å². The molecule has 4 N–H and O–H groups in total. The van der Waals surface area contributed by atoms with Crippen molar-refractivity contribution in [2.45, 2.75) is 32.7 Å². The molecular weight excluding hydrogens is 214 g/mol. The van der Waals surface area contributed by atoms with Crippen molar-refractivity contribution in [2.24, 2.45) is 10.9 Å². The molecule has 0 aromatic heterocycles. The van der Waals surface area contributed by atoms with Crippen LogP contribution in [0.3, 0.4) is 0 Å². The first kappa shape index (κ1) is 13.5. The highest BCUT2D eigenvalue weighted by Gasteiger charge is 1.95. The summed E-state index contributed by atoms with van der Waals surface area (Å²) in [5.74, 6) is 0.309. The number of rotatable bonds is 7. The Morgan fingerprint density at radius 2 is 2.24 bits per heavy atom. The summed E-state index contributed by atoms with van der Waals surface area (Å²) in [7, 11) is 0. The molecule has 0 unspecified atom stereocenters. The summed E-state index contributed by atoms with van der Waals surface area (Å²) in [5.41, 5.74) is 7.97. The third-order valence-corrected chi connectivity index (χ3v) is 2.58. The molecule has 0 saturated heterocycles. The van der Waals surface area contributed by atoms with E-state index in [1.165, 1.54) is 11.1 Å². The molecule has 1 aromatic carbocycles. The van der Waals surface area contributed by atoms with Crippen molar-refractivity contribution in [1.29, 1.82) is 0 Å². The van der Waals surface area contributed by atoms with Gasteiger partial charge in [-0.1, -0.05) is 35.0 Å². The van der Waals surface area contributed by atoms with E-state index in [9.17, 15) is 0 Å². The van der Waals surface area contributed by atoms with Crippen molar-refractivity contribution in [1.82, 2.24) is 5.32 Å². The lowest BCUT2D eigenvalue weighted by molar-refractivity contribution is 0.316. The van der Waals surface area contributed by atoms with E-state index in [2.05, 4.69) is 41.7 Å². The summed E-state index contributed by atoms with van der Waals surface area (Å²) in [4.78, 5) is 0. The van der Waals surface area contributed by atoms with Crippen LogP contribution < -0.4 is 11.1 Å². The summed E-state index contributed by atoms with van der Waals surface area (Å²) >= 11 is 0. The molecule has 0 fully saturated rings. The maximum absolute atomic E-state index is 8.36. The normalized spacial score (nSPS) is 11.7. The minimum atomic E-state index is 0.309. The van der Waals surface area contributed by atoms with E-state index in [0.717, 1.165) is 25.9 Å². The molecule has 0 amide bonds. The standard InChI is InChI=1S/C13H21N3O/c1-11-5-4-6-12(9-11)10-15-8-3-2-7-13(14)16-17/h4-6,9,15,17H,2-3,7-8,10H2,1H3,(H2,14,16). The van der Waals surface area contributed by atoms with E-state index in [-0.39, 0.29) is 0 Å². The molecular formula is C13H21N3O. The van der Waals surface area contributed by atoms with Crippen molar-refractivity contribution in [2.75, 3.05) is 6.54 Å². The van der Waals surface area contributed by atoms with Gasteiger partial charge in [0.15, 0.2) is 0 Å². The van der Waals surface area contributed by atoms with Crippen LogP contribution in [0.2, 0.25) is 0 Å². The van der Waals surface area contributed by atoms with Gasteiger partial charge in [0.2, 0.25) is 0 Å². The Bertz CT molecular complexity index is 363. The zero-order valence-corrected chi connectivity index (χ0v) is 10.3. The average molecular weight is 235 g/mol. The quantitative estimate of drug-likeness (QED) is 0.222. The average Bonchev–Trinajstić information content (AvgIpc) is 2.33.